The SMILES string of the molecule is CC1(C)OC2[C@@H](O1)[C@@H](CO)O[C@H]2n1cnc2cc(Cl)c(Cl)cc21. The maximum absolute atomic E-state index is 9.57. The molecule has 0 saturated carbocycles. The minimum Gasteiger partial charge on any atom is -0.394 e. The molecule has 0 amide bonds. The summed E-state index contributed by atoms with van der Waals surface area (Å²) in [4.78, 5) is 4.35. The van der Waals surface area contributed by atoms with E-state index in [4.69, 9.17) is 37.4 Å². The summed E-state index contributed by atoms with van der Waals surface area (Å²) in [5, 5.41) is 10.5. The first-order valence-corrected chi connectivity index (χ1v) is 8.09. The summed E-state index contributed by atoms with van der Waals surface area (Å²) in [7, 11) is 0. The summed E-state index contributed by atoms with van der Waals surface area (Å²) < 4.78 is 19.6. The molecule has 3 heterocycles. The van der Waals surface area contributed by atoms with Crippen molar-refractivity contribution in [2.75, 3.05) is 6.61 Å². The quantitative estimate of drug-likeness (QED) is 0.893. The minimum atomic E-state index is -0.720. The topological polar surface area (TPSA) is 65.7 Å². The Morgan fingerprint density at radius 3 is 2.65 bits per heavy atom. The number of hydrogen-bond donors (Lipinski definition) is 1. The van der Waals surface area contributed by atoms with E-state index in [1.807, 2.05) is 18.4 Å². The van der Waals surface area contributed by atoms with Crippen LogP contribution in [0.4, 0.5) is 0 Å². The summed E-state index contributed by atoms with van der Waals surface area (Å²) >= 11 is 12.2. The highest BCUT2D eigenvalue weighted by Gasteiger charge is 2.55. The molecule has 2 aromatic rings. The Hall–Kier alpha value is -0.890. The van der Waals surface area contributed by atoms with Gasteiger partial charge in [0.15, 0.2) is 12.0 Å². The molecule has 4 rings (SSSR count). The van der Waals surface area contributed by atoms with Crippen LogP contribution >= 0.6 is 23.2 Å². The van der Waals surface area contributed by atoms with Crippen molar-refractivity contribution in [3.63, 3.8) is 0 Å². The Balaban J connectivity index is 1.77. The standard InChI is InChI=1S/C15H16Cl2N2O4/c1-15(2)22-12-11(5-20)21-14(13(12)23-15)19-6-18-9-3-7(16)8(17)4-10(9)19/h3-4,6,11-14,20H,5H2,1-2H3/t11-,12+,13?,14-/m1/s1. The third-order valence-corrected chi connectivity index (χ3v) is 4.92. The molecule has 0 spiro atoms. The molecule has 0 bridgehead atoms. The van der Waals surface area contributed by atoms with Gasteiger partial charge in [-0.1, -0.05) is 23.2 Å². The number of rotatable bonds is 2. The highest BCUT2D eigenvalue weighted by Crippen LogP contribution is 2.44. The Morgan fingerprint density at radius 2 is 1.91 bits per heavy atom. The van der Waals surface area contributed by atoms with Crippen molar-refractivity contribution in [3.05, 3.63) is 28.5 Å². The van der Waals surface area contributed by atoms with E-state index in [1.54, 1.807) is 18.5 Å². The lowest BCUT2D eigenvalue weighted by Gasteiger charge is -2.24. The number of aromatic nitrogens is 2. The second-order valence-corrected chi connectivity index (χ2v) is 7.03. The largest absolute Gasteiger partial charge is 0.394 e. The van der Waals surface area contributed by atoms with Crippen LogP contribution in [-0.4, -0.2) is 45.4 Å². The van der Waals surface area contributed by atoms with Crippen LogP contribution in [0.5, 0.6) is 0 Å². The van der Waals surface area contributed by atoms with Crippen molar-refractivity contribution in [1.29, 1.82) is 0 Å². The van der Waals surface area contributed by atoms with Crippen LogP contribution in [0.1, 0.15) is 20.1 Å². The summed E-state index contributed by atoms with van der Waals surface area (Å²) in [6.07, 6.45) is 0.0791. The van der Waals surface area contributed by atoms with Gasteiger partial charge in [0.25, 0.3) is 0 Å². The zero-order valence-electron chi connectivity index (χ0n) is 12.6. The van der Waals surface area contributed by atoms with Gasteiger partial charge in [-0.05, 0) is 26.0 Å². The van der Waals surface area contributed by atoms with Crippen molar-refractivity contribution in [2.24, 2.45) is 0 Å². The summed E-state index contributed by atoms with van der Waals surface area (Å²) in [5.74, 6) is -0.720. The number of halogens is 2. The molecular weight excluding hydrogens is 343 g/mol. The molecule has 0 aliphatic carbocycles. The lowest BCUT2D eigenvalue weighted by atomic mass is 10.1. The average Bonchev–Trinajstić information content (AvgIpc) is 3.10. The second kappa shape index (κ2) is 5.31. The van der Waals surface area contributed by atoms with Crippen LogP contribution in [0.2, 0.25) is 10.0 Å². The summed E-state index contributed by atoms with van der Waals surface area (Å²) in [5.41, 5.74) is 1.50. The number of fused-ring (bicyclic) bond motifs is 2. The van der Waals surface area contributed by atoms with E-state index in [-0.39, 0.29) is 18.8 Å². The Morgan fingerprint density at radius 1 is 1.22 bits per heavy atom. The normalized spacial score (nSPS) is 32.6. The second-order valence-electron chi connectivity index (χ2n) is 6.22. The van der Waals surface area contributed by atoms with Crippen LogP contribution in [-0.2, 0) is 14.2 Å². The fourth-order valence-electron chi connectivity index (χ4n) is 3.26. The van der Waals surface area contributed by atoms with Crippen LogP contribution < -0.4 is 0 Å². The van der Waals surface area contributed by atoms with Gasteiger partial charge in [-0.3, -0.25) is 0 Å². The molecule has 1 unspecified atom stereocenters. The van der Waals surface area contributed by atoms with Gasteiger partial charge in [-0.15, -0.1) is 0 Å². The third-order valence-electron chi connectivity index (χ3n) is 4.20. The molecule has 2 saturated heterocycles. The first-order valence-electron chi connectivity index (χ1n) is 7.33. The van der Waals surface area contributed by atoms with Crippen LogP contribution in [0.15, 0.2) is 18.5 Å². The average molecular weight is 359 g/mol. The van der Waals surface area contributed by atoms with Gasteiger partial charge in [0.05, 0.1) is 34.0 Å². The smallest absolute Gasteiger partial charge is 0.165 e. The summed E-state index contributed by atoms with van der Waals surface area (Å²) in [6.45, 7) is 3.55. The number of aliphatic hydroxyl groups is 1. The van der Waals surface area contributed by atoms with E-state index in [1.165, 1.54) is 0 Å². The van der Waals surface area contributed by atoms with Gasteiger partial charge < -0.3 is 23.9 Å². The molecule has 6 nitrogen and oxygen atoms in total. The third kappa shape index (κ3) is 2.45. The monoisotopic (exact) mass is 358 g/mol. The lowest BCUT2D eigenvalue weighted by molar-refractivity contribution is -0.199. The Kier molecular flexibility index (Phi) is 3.61. The van der Waals surface area contributed by atoms with Gasteiger partial charge in [-0.2, -0.15) is 0 Å². The first-order chi connectivity index (χ1) is 10.9. The molecule has 124 valence electrons. The van der Waals surface area contributed by atoms with Crippen LogP contribution in [0, 0.1) is 0 Å². The van der Waals surface area contributed by atoms with Gasteiger partial charge in [-0.25, -0.2) is 4.98 Å². The van der Waals surface area contributed by atoms with Crippen LogP contribution in [0.25, 0.3) is 11.0 Å². The zero-order chi connectivity index (χ0) is 16.4. The predicted molar refractivity (Wildman–Crippen MR) is 84.6 cm³/mol. The van der Waals surface area contributed by atoms with E-state index in [0.717, 1.165) is 5.52 Å². The number of ether oxygens (including phenoxy) is 3. The van der Waals surface area contributed by atoms with Gasteiger partial charge in [0.1, 0.15) is 18.3 Å². The molecule has 2 aliphatic rings. The van der Waals surface area contributed by atoms with Crippen molar-refractivity contribution in [3.8, 4) is 0 Å². The van der Waals surface area contributed by atoms with Crippen molar-refractivity contribution < 1.29 is 19.3 Å². The first kappa shape index (κ1) is 15.6. The molecule has 8 heteroatoms. The molecule has 1 N–H and O–H groups in total. The van der Waals surface area contributed by atoms with Gasteiger partial charge in [0, 0.05) is 0 Å². The maximum Gasteiger partial charge on any atom is 0.165 e. The number of benzene rings is 1. The fraction of sp³-hybridized carbons (Fsp3) is 0.533. The van der Waals surface area contributed by atoms with Crippen molar-refractivity contribution in [2.45, 2.75) is 44.2 Å². The van der Waals surface area contributed by atoms with E-state index >= 15 is 0 Å². The fourth-order valence-corrected chi connectivity index (χ4v) is 3.57. The zero-order valence-corrected chi connectivity index (χ0v) is 14.1. The van der Waals surface area contributed by atoms with E-state index < -0.39 is 18.1 Å². The Labute approximate surface area is 142 Å². The summed E-state index contributed by atoms with van der Waals surface area (Å²) in [6, 6.07) is 3.46. The number of aliphatic hydroxyl groups excluding tert-OH is 1. The number of nitrogens with zero attached hydrogens (tertiary/aromatic N) is 2. The van der Waals surface area contributed by atoms with Crippen molar-refractivity contribution >= 4 is 34.2 Å². The number of imidazole rings is 1. The molecule has 1 aromatic heterocycles. The lowest BCUT2D eigenvalue weighted by Crippen LogP contribution is -2.31. The molecule has 1 aromatic carbocycles. The molecular formula is C15H16Cl2N2O4. The highest BCUT2D eigenvalue weighted by atomic mass is 35.5. The van der Waals surface area contributed by atoms with E-state index in [2.05, 4.69) is 4.98 Å². The van der Waals surface area contributed by atoms with Crippen LogP contribution in [0.3, 0.4) is 0 Å². The minimum absolute atomic E-state index is 0.143. The highest BCUT2D eigenvalue weighted by molar-refractivity contribution is 6.42. The predicted octanol–water partition coefficient (Wildman–Crippen LogP) is 2.75. The molecule has 0 radical (unpaired) electrons. The molecule has 4 atom stereocenters. The molecule has 2 fully saturated rings. The molecule has 23 heavy (non-hydrogen) atoms. The van der Waals surface area contributed by atoms with Gasteiger partial charge in [0.2, 0.25) is 0 Å². The van der Waals surface area contributed by atoms with Crippen molar-refractivity contribution in [1.82, 2.24) is 9.55 Å². The number of hydrogen-bond acceptors (Lipinski definition) is 5. The van der Waals surface area contributed by atoms with E-state index in [9.17, 15) is 5.11 Å². The van der Waals surface area contributed by atoms with E-state index in [0.29, 0.717) is 15.6 Å². The molecule has 2 aliphatic heterocycles. The maximum atomic E-state index is 9.57. The van der Waals surface area contributed by atoms with Gasteiger partial charge >= 0.3 is 0 Å². The Bertz CT molecular complexity index is 763.